The van der Waals surface area contributed by atoms with E-state index in [4.69, 9.17) is 11.6 Å². The van der Waals surface area contributed by atoms with Gasteiger partial charge in [0.05, 0.1) is 6.04 Å². The number of benzene rings is 1. The molecule has 1 aromatic carbocycles. The molecule has 0 radical (unpaired) electrons. The van der Waals surface area contributed by atoms with Gasteiger partial charge in [-0.15, -0.1) is 0 Å². The van der Waals surface area contributed by atoms with Crippen molar-refractivity contribution in [3.8, 4) is 5.88 Å². The fourth-order valence-electron chi connectivity index (χ4n) is 2.76. The van der Waals surface area contributed by atoms with Gasteiger partial charge in [-0.3, -0.25) is 4.79 Å². The molecule has 3 N–H and O–H groups in total. The van der Waals surface area contributed by atoms with Crippen molar-refractivity contribution in [2.45, 2.75) is 18.3 Å². The number of aromatic nitrogens is 1. The number of nitrogens with zero attached hydrogens (tertiary/aromatic N) is 1. The molecule has 0 bridgehead atoms. The number of halogens is 6. The van der Waals surface area contributed by atoms with E-state index < -0.39 is 53.5 Å². The molecule has 0 spiro atoms. The largest absolute Gasteiger partial charge is 0.468 e. The number of amides is 3. The Morgan fingerprint density at radius 1 is 1.29 bits per heavy atom. The van der Waals surface area contributed by atoms with Crippen LogP contribution in [-0.2, 0) is 4.79 Å². The summed E-state index contributed by atoms with van der Waals surface area (Å²) in [5.41, 5.74) is -0.0747. The second kappa shape index (κ2) is 8.92. The fourth-order valence-corrected chi connectivity index (χ4v) is 2.94. The van der Waals surface area contributed by atoms with E-state index in [-0.39, 0.29) is 23.6 Å². The number of nitrogens with one attached hydrogen (secondary N) is 3. The second-order valence-corrected chi connectivity index (χ2v) is 6.82. The average Bonchev–Trinajstić information content (AvgIpc) is 3.16. The molecular formula is C18H14ClF5N4O3. The summed E-state index contributed by atoms with van der Waals surface area (Å²) in [6.07, 6.45) is -3.50. The maximum Gasteiger partial charge on any atom is 0.422 e. The molecular weight excluding hydrogens is 451 g/mol. The van der Waals surface area contributed by atoms with Gasteiger partial charge in [0.15, 0.2) is 6.61 Å². The van der Waals surface area contributed by atoms with Crippen molar-refractivity contribution >= 4 is 23.5 Å². The Bertz CT molecular complexity index is 987. The van der Waals surface area contributed by atoms with E-state index in [9.17, 15) is 31.5 Å². The molecule has 7 nitrogen and oxygen atoms in total. The number of pyridine rings is 1. The quantitative estimate of drug-likeness (QED) is 0.453. The highest BCUT2D eigenvalue weighted by atomic mass is 35.5. The molecule has 1 aliphatic heterocycles. The van der Waals surface area contributed by atoms with Crippen molar-refractivity contribution in [3.05, 3.63) is 58.2 Å². The summed E-state index contributed by atoms with van der Waals surface area (Å²) in [4.78, 5) is 27.5. The SMILES string of the molecule is O=C1NC[C@@H](C(=O)NC(c2ccc(OCC(F)(F)F)nc2)c2ccc(F)c(Cl)c2F)N1. The molecule has 1 aromatic heterocycles. The Balaban J connectivity index is 1.89. The van der Waals surface area contributed by atoms with Crippen molar-refractivity contribution in [2.75, 3.05) is 13.2 Å². The van der Waals surface area contributed by atoms with Crippen molar-refractivity contribution in [2.24, 2.45) is 0 Å². The highest BCUT2D eigenvalue weighted by Crippen LogP contribution is 2.30. The lowest BCUT2D eigenvalue weighted by Crippen LogP contribution is -2.44. The van der Waals surface area contributed by atoms with Crippen molar-refractivity contribution in [3.63, 3.8) is 0 Å². The highest BCUT2D eigenvalue weighted by molar-refractivity contribution is 6.31. The van der Waals surface area contributed by atoms with Crippen molar-refractivity contribution in [1.82, 2.24) is 20.9 Å². The van der Waals surface area contributed by atoms with Crippen LogP contribution in [0.5, 0.6) is 5.88 Å². The first-order valence-corrected chi connectivity index (χ1v) is 9.06. The van der Waals surface area contributed by atoms with Crippen LogP contribution in [0.15, 0.2) is 30.5 Å². The van der Waals surface area contributed by atoms with Gasteiger partial charge >= 0.3 is 12.2 Å². The molecule has 3 rings (SSSR count). The summed E-state index contributed by atoms with van der Waals surface area (Å²) in [7, 11) is 0. The monoisotopic (exact) mass is 464 g/mol. The molecule has 2 aromatic rings. The maximum absolute atomic E-state index is 14.6. The molecule has 166 valence electrons. The van der Waals surface area contributed by atoms with Crippen molar-refractivity contribution in [1.29, 1.82) is 0 Å². The van der Waals surface area contributed by atoms with E-state index in [0.29, 0.717) is 0 Å². The molecule has 1 saturated heterocycles. The van der Waals surface area contributed by atoms with E-state index in [2.05, 4.69) is 25.7 Å². The zero-order chi connectivity index (χ0) is 22.8. The Morgan fingerprint density at radius 3 is 2.61 bits per heavy atom. The number of hydrogen-bond acceptors (Lipinski definition) is 4. The molecule has 1 fully saturated rings. The number of ether oxygens (including phenoxy) is 1. The lowest BCUT2D eigenvalue weighted by Gasteiger charge is -2.22. The van der Waals surface area contributed by atoms with Crippen LogP contribution in [0.4, 0.5) is 26.7 Å². The van der Waals surface area contributed by atoms with Gasteiger partial charge in [0.2, 0.25) is 11.8 Å². The Hall–Kier alpha value is -3.15. The summed E-state index contributed by atoms with van der Waals surface area (Å²) in [6, 6.07) is 1.53. The lowest BCUT2D eigenvalue weighted by atomic mass is 9.99. The van der Waals surface area contributed by atoms with E-state index in [1.807, 2.05) is 0 Å². The Kier molecular flexibility index (Phi) is 6.48. The minimum atomic E-state index is -4.56. The summed E-state index contributed by atoms with van der Waals surface area (Å²) >= 11 is 5.63. The number of hydrogen-bond donors (Lipinski definition) is 3. The number of carbonyl (C=O) groups excluding carboxylic acids is 2. The Labute approximate surface area is 176 Å². The first kappa shape index (κ1) is 22.5. The molecule has 2 heterocycles. The number of alkyl halides is 3. The summed E-state index contributed by atoms with van der Waals surface area (Å²) in [5, 5.41) is 6.44. The molecule has 31 heavy (non-hydrogen) atoms. The summed E-state index contributed by atoms with van der Waals surface area (Å²) in [6.45, 7) is -1.58. The van der Waals surface area contributed by atoms with Crippen LogP contribution in [0.2, 0.25) is 5.02 Å². The van der Waals surface area contributed by atoms with Gasteiger partial charge in [0.1, 0.15) is 22.7 Å². The van der Waals surface area contributed by atoms with Gasteiger partial charge in [-0.1, -0.05) is 17.7 Å². The first-order valence-electron chi connectivity index (χ1n) is 8.69. The van der Waals surface area contributed by atoms with Gasteiger partial charge in [-0.2, -0.15) is 13.2 Å². The van der Waals surface area contributed by atoms with Crippen LogP contribution in [0.3, 0.4) is 0 Å². The van der Waals surface area contributed by atoms with Crippen LogP contribution in [0.25, 0.3) is 0 Å². The average molecular weight is 465 g/mol. The fraction of sp³-hybridized carbons (Fsp3) is 0.278. The van der Waals surface area contributed by atoms with Crippen LogP contribution < -0.4 is 20.7 Å². The molecule has 1 aliphatic rings. The molecule has 1 unspecified atom stereocenters. The molecule has 13 heteroatoms. The Morgan fingerprint density at radius 2 is 2.03 bits per heavy atom. The third-order valence-electron chi connectivity index (χ3n) is 4.23. The van der Waals surface area contributed by atoms with E-state index in [1.54, 1.807) is 0 Å². The van der Waals surface area contributed by atoms with E-state index in [0.717, 1.165) is 24.4 Å². The van der Waals surface area contributed by atoms with Crippen LogP contribution in [0, 0.1) is 11.6 Å². The van der Waals surface area contributed by atoms with Gasteiger partial charge in [-0.25, -0.2) is 18.6 Å². The topological polar surface area (TPSA) is 92.4 Å². The van der Waals surface area contributed by atoms with Crippen LogP contribution in [-0.4, -0.2) is 42.3 Å². The second-order valence-electron chi connectivity index (χ2n) is 6.45. The first-order chi connectivity index (χ1) is 14.5. The minimum absolute atomic E-state index is 0.0213. The van der Waals surface area contributed by atoms with Gasteiger partial charge in [0.25, 0.3) is 0 Å². The molecule has 2 atom stereocenters. The third-order valence-corrected chi connectivity index (χ3v) is 4.57. The standard InChI is InChI=1S/C18H14ClF5N4O3/c19-13-10(20)3-2-9(14(13)21)15(28-16(29)11-6-26-17(30)27-11)8-1-4-12(25-5-8)31-7-18(22,23)24/h1-5,11,15H,6-7H2,(H,28,29)(H2,26,27,30)/t11-,15?/m0/s1. The highest BCUT2D eigenvalue weighted by Gasteiger charge is 2.31. The number of rotatable bonds is 6. The van der Waals surface area contributed by atoms with Gasteiger partial charge in [-0.05, 0) is 17.7 Å². The third kappa shape index (κ3) is 5.51. The summed E-state index contributed by atoms with van der Waals surface area (Å²) < 4.78 is 69.6. The van der Waals surface area contributed by atoms with Crippen molar-refractivity contribution < 1.29 is 36.3 Å². The normalized spacial score (nSPS) is 17.0. The van der Waals surface area contributed by atoms with E-state index in [1.165, 1.54) is 6.07 Å². The lowest BCUT2D eigenvalue weighted by molar-refractivity contribution is -0.154. The van der Waals surface area contributed by atoms with Gasteiger partial charge < -0.3 is 20.7 Å². The summed E-state index contributed by atoms with van der Waals surface area (Å²) in [5.74, 6) is -3.20. The van der Waals surface area contributed by atoms with Gasteiger partial charge in [0, 0.05) is 24.4 Å². The number of carbonyl (C=O) groups is 2. The smallest absolute Gasteiger partial charge is 0.422 e. The molecule has 3 amide bonds. The maximum atomic E-state index is 14.6. The van der Waals surface area contributed by atoms with Crippen LogP contribution >= 0.6 is 11.6 Å². The zero-order valence-electron chi connectivity index (χ0n) is 15.4. The predicted molar refractivity (Wildman–Crippen MR) is 97.5 cm³/mol. The van der Waals surface area contributed by atoms with Crippen LogP contribution in [0.1, 0.15) is 17.2 Å². The zero-order valence-corrected chi connectivity index (χ0v) is 16.2. The van der Waals surface area contributed by atoms with E-state index >= 15 is 0 Å². The number of urea groups is 1. The molecule has 0 saturated carbocycles. The minimum Gasteiger partial charge on any atom is -0.468 e. The predicted octanol–water partition coefficient (Wildman–Crippen LogP) is 2.84. The molecule has 0 aliphatic carbocycles.